The van der Waals surface area contributed by atoms with Gasteiger partial charge >= 0.3 is 6.03 Å². The summed E-state index contributed by atoms with van der Waals surface area (Å²) >= 11 is 1.76. The third-order valence-electron chi connectivity index (χ3n) is 4.95. The number of likely N-dealkylation sites (tertiary alicyclic amines) is 1. The number of nitrogens with zero attached hydrogens (tertiary/aromatic N) is 3. The third-order valence-corrected chi connectivity index (χ3v) is 5.82. The molecule has 3 amide bonds. The van der Waals surface area contributed by atoms with Crippen molar-refractivity contribution in [2.75, 3.05) is 39.8 Å². The number of urea groups is 1. The number of rotatable bonds is 3. The molecule has 2 saturated heterocycles. The van der Waals surface area contributed by atoms with Crippen LogP contribution in [0.2, 0.25) is 0 Å². The van der Waals surface area contributed by atoms with Gasteiger partial charge in [0.25, 0.3) is 0 Å². The van der Waals surface area contributed by atoms with E-state index >= 15 is 0 Å². The summed E-state index contributed by atoms with van der Waals surface area (Å²) in [6.45, 7) is 8.58. The predicted molar refractivity (Wildman–Crippen MR) is 99.5 cm³/mol. The van der Waals surface area contributed by atoms with Crippen molar-refractivity contribution in [3.05, 3.63) is 22.4 Å². The molecule has 7 heteroatoms. The number of hydrogen-bond donors (Lipinski definition) is 1. The van der Waals surface area contributed by atoms with Gasteiger partial charge in [-0.05, 0) is 25.3 Å². The number of nitrogens with one attached hydrogen (secondary N) is 1. The second-order valence-electron chi connectivity index (χ2n) is 7.74. The van der Waals surface area contributed by atoms with E-state index < -0.39 is 0 Å². The number of hydrogen-bond acceptors (Lipinski definition) is 4. The summed E-state index contributed by atoms with van der Waals surface area (Å²) in [5.74, 6) is 0.183. The van der Waals surface area contributed by atoms with Gasteiger partial charge in [-0.25, -0.2) is 4.79 Å². The maximum Gasteiger partial charge on any atom is 0.317 e. The topological polar surface area (TPSA) is 55.9 Å². The lowest BCUT2D eigenvalue weighted by atomic mass is 9.86. The molecule has 2 aliphatic rings. The fourth-order valence-electron chi connectivity index (χ4n) is 3.93. The highest BCUT2D eigenvalue weighted by molar-refractivity contribution is 7.09. The Kier molecular flexibility index (Phi) is 5.34. The summed E-state index contributed by atoms with van der Waals surface area (Å²) in [5.41, 5.74) is -0.173. The molecule has 2 aliphatic heterocycles. The van der Waals surface area contributed by atoms with E-state index in [9.17, 15) is 9.59 Å². The molecule has 1 N–H and O–H groups in total. The highest BCUT2D eigenvalue weighted by Gasteiger charge is 2.46. The Hall–Kier alpha value is -1.60. The smallest absolute Gasteiger partial charge is 0.317 e. The molecule has 0 aromatic carbocycles. The Morgan fingerprint density at radius 2 is 2.12 bits per heavy atom. The Bertz CT molecular complexity index is 619. The van der Waals surface area contributed by atoms with Crippen LogP contribution in [0.1, 0.15) is 25.1 Å². The van der Waals surface area contributed by atoms with E-state index in [4.69, 9.17) is 0 Å². The van der Waals surface area contributed by atoms with Gasteiger partial charge < -0.3 is 15.1 Å². The van der Waals surface area contributed by atoms with Crippen LogP contribution in [0.5, 0.6) is 0 Å². The van der Waals surface area contributed by atoms with Gasteiger partial charge in [0.05, 0.1) is 0 Å². The van der Waals surface area contributed by atoms with Crippen molar-refractivity contribution in [3.8, 4) is 0 Å². The summed E-state index contributed by atoms with van der Waals surface area (Å²) in [6.07, 6.45) is 0.524. The zero-order valence-electron chi connectivity index (χ0n) is 15.3. The fourth-order valence-corrected chi connectivity index (χ4v) is 4.68. The van der Waals surface area contributed by atoms with Crippen molar-refractivity contribution in [3.63, 3.8) is 0 Å². The van der Waals surface area contributed by atoms with Crippen molar-refractivity contribution in [2.24, 2.45) is 5.41 Å². The maximum absolute atomic E-state index is 12.6. The van der Waals surface area contributed by atoms with Crippen molar-refractivity contribution in [1.29, 1.82) is 0 Å². The normalized spacial score (nSPS) is 25.0. The first-order chi connectivity index (χ1) is 11.9. The zero-order chi connectivity index (χ0) is 18.0. The van der Waals surface area contributed by atoms with Gasteiger partial charge in [0.1, 0.15) is 0 Å². The van der Waals surface area contributed by atoms with Gasteiger partial charge in [-0.1, -0.05) is 6.07 Å². The second-order valence-corrected chi connectivity index (χ2v) is 8.77. The summed E-state index contributed by atoms with van der Waals surface area (Å²) in [7, 11) is 1.87. The van der Waals surface area contributed by atoms with Crippen LogP contribution in [-0.4, -0.2) is 72.5 Å². The molecule has 1 atom stereocenters. The number of thiophene rings is 1. The van der Waals surface area contributed by atoms with E-state index in [-0.39, 0.29) is 23.4 Å². The largest absolute Gasteiger partial charge is 0.345 e. The zero-order valence-corrected chi connectivity index (χ0v) is 16.1. The monoisotopic (exact) mass is 364 g/mol. The van der Waals surface area contributed by atoms with Crippen molar-refractivity contribution < 1.29 is 9.59 Å². The van der Waals surface area contributed by atoms with Crippen LogP contribution in [0.25, 0.3) is 0 Å². The van der Waals surface area contributed by atoms with Gasteiger partial charge in [-0.2, -0.15) is 0 Å². The number of carbonyl (C=O) groups is 2. The molecule has 1 aromatic rings. The summed E-state index contributed by atoms with van der Waals surface area (Å²) in [5, 5.41) is 5.10. The van der Waals surface area contributed by atoms with Crippen LogP contribution >= 0.6 is 11.3 Å². The molecule has 138 valence electrons. The minimum atomic E-state index is -0.173. The van der Waals surface area contributed by atoms with Crippen LogP contribution in [0.4, 0.5) is 4.79 Å². The van der Waals surface area contributed by atoms with E-state index in [1.54, 1.807) is 11.3 Å². The fraction of sp³-hybridized carbons (Fsp3) is 0.667. The minimum Gasteiger partial charge on any atom is -0.345 e. The average molecular weight is 365 g/mol. The Morgan fingerprint density at radius 1 is 1.32 bits per heavy atom. The molecule has 3 rings (SSSR count). The maximum atomic E-state index is 12.6. The minimum absolute atomic E-state index is 0.0191. The lowest BCUT2D eigenvalue weighted by Gasteiger charge is -2.33. The first kappa shape index (κ1) is 18.2. The molecule has 25 heavy (non-hydrogen) atoms. The second kappa shape index (κ2) is 7.33. The molecule has 0 aliphatic carbocycles. The molecule has 6 nitrogen and oxygen atoms in total. The van der Waals surface area contributed by atoms with Crippen molar-refractivity contribution >= 4 is 23.3 Å². The quantitative estimate of drug-likeness (QED) is 0.890. The third kappa shape index (κ3) is 4.33. The van der Waals surface area contributed by atoms with E-state index in [0.717, 1.165) is 26.2 Å². The van der Waals surface area contributed by atoms with E-state index in [1.165, 1.54) is 4.88 Å². The van der Waals surface area contributed by atoms with E-state index in [0.29, 0.717) is 19.5 Å². The van der Waals surface area contributed by atoms with Crippen molar-refractivity contribution in [2.45, 2.75) is 32.9 Å². The lowest BCUT2D eigenvalue weighted by Crippen LogP contribution is -2.48. The van der Waals surface area contributed by atoms with Crippen LogP contribution < -0.4 is 5.32 Å². The van der Waals surface area contributed by atoms with Gasteiger partial charge in [0.15, 0.2) is 0 Å². The molecule has 3 heterocycles. The van der Waals surface area contributed by atoms with Crippen LogP contribution in [0.15, 0.2) is 17.5 Å². The van der Waals surface area contributed by atoms with Crippen LogP contribution in [0, 0.1) is 5.41 Å². The predicted octanol–water partition coefficient (Wildman–Crippen LogP) is 1.83. The van der Waals surface area contributed by atoms with Crippen molar-refractivity contribution in [1.82, 2.24) is 20.0 Å². The molecule has 1 aromatic heterocycles. The van der Waals surface area contributed by atoms with Gasteiger partial charge in [0, 0.05) is 69.1 Å². The summed E-state index contributed by atoms with van der Waals surface area (Å²) in [6, 6.07) is 4.32. The molecule has 0 radical (unpaired) electrons. The first-order valence-electron chi connectivity index (χ1n) is 8.91. The number of carbonyl (C=O) groups excluding carboxylic acids is 2. The Morgan fingerprint density at radius 3 is 2.72 bits per heavy atom. The first-order valence-corrected chi connectivity index (χ1v) is 9.79. The Labute approximate surface area is 153 Å². The molecule has 1 spiro atoms. The highest BCUT2D eigenvalue weighted by Crippen LogP contribution is 2.35. The molecule has 1 unspecified atom stereocenters. The number of amides is 3. The van der Waals surface area contributed by atoms with Gasteiger partial charge in [-0.3, -0.25) is 9.69 Å². The lowest BCUT2D eigenvalue weighted by molar-refractivity contribution is -0.126. The van der Waals surface area contributed by atoms with Gasteiger partial charge in [-0.15, -0.1) is 11.3 Å². The Balaban J connectivity index is 1.78. The van der Waals surface area contributed by atoms with Crippen LogP contribution in [0.3, 0.4) is 0 Å². The molecular formula is C18H28N4O2S. The van der Waals surface area contributed by atoms with Gasteiger partial charge in [0.2, 0.25) is 5.91 Å². The molecule has 0 bridgehead atoms. The molecular weight excluding hydrogens is 336 g/mol. The van der Waals surface area contributed by atoms with E-state index in [2.05, 4.69) is 27.7 Å². The molecule has 2 fully saturated rings. The highest BCUT2D eigenvalue weighted by atomic mass is 32.1. The standard InChI is InChI=1S/C18H28N4O2S/c1-14(2)19-17(24)22-7-6-21(10-15-5-4-8-25-15)12-18(13-22)9-16(23)20(3)11-18/h4-5,8,14H,6-7,9-13H2,1-3H3,(H,19,24). The van der Waals surface area contributed by atoms with E-state index in [1.807, 2.05) is 30.7 Å². The summed E-state index contributed by atoms with van der Waals surface area (Å²) < 4.78 is 0. The molecule has 0 saturated carbocycles. The van der Waals surface area contributed by atoms with Crippen LogP contribution in [-0.2, 0) is 11.3 Å². The summed E-state index contributed by atoms with van der Waals surface area (Å²) in [4.78, 5) is 32.3. The SMILES string of the molecule is CC(C)NC(=O)N1CCN(Cc2cccs2)CC2(CC(=O)N(C)C2)C1. The average Bonchev–Trinajstić information content (AvgIpc) is 3.06.